The molecule has 8 heteroatoms. The topological polar surface area (TPSA) is 76.9 Å². The van der Waals surface area contributed by atoms with E-state index in [2.05, 4.69) is 41.3 Å². The number of nitrogens with zero attached hydrogens (tertiary/aromatic N) is 3. The molecule has 0 aliphatic heterocycles. The number of nitrogens with one attached hydrogen (secondary N) is 1. The van der Waals surface area contributed by atoms with Gasteiger partial charge in [0.25, 0.3) is 5.56 Å². The second-order valence-corrected chi connectivity index (χ2v) is 9.86. The molecule has 0 saturated heterocycles. The van der Waals surface area contributed by atoms with Crippen molar-refractivity contribution in [3.05, 3.63) is 74.6 Å². The summed E-state index contributed by atoms with van der Waals surface area (Å²) in [5, 5.41) is 6.36. The lowest BCUT2D eigenvalue weighted by Gasteiger charge is -2.08. The third-order valence-electron chi connectivity index (χ3n) is 5.47. The molecule has 0 fully saturated rings. The number of thiazole rings is 1. The van der Waals surface area contributed by atoms with Gasteiger partial charge in [0.2, 0.25) is 5.91 Å². The van der Waals surface area contributed by atoms with Crippen molar-refractivity contribution in [1.29, 1.82) is 0 Å². The third-order valence-corrected chi connectivity index (χ3v) is 7.29. The molecule has 3 heterocycles. The van der Waals surface area contributed by atoms with Gasteiger partial charge in [0.1, 0.15) is 11.4 Å². The molecule has 0 aliphatic carbocycles. The van der Waals surface area contributed by atoms with E-state index in [-0.39, 0.29) is 18.0 Å². The summed E-state index contributed by atoms with van der Waals surface area (Å²) in [5.74, 6) is -0.281. The monoisotopic (exact) mass is 460 g/mol. The van der Waals surface area contributed by atoms with Crippen LogP contribution in [-0.4, -0.2) is 20.4 Å². The highest BCUT2D eigenvalue weighted by Gasteiger charge is 2.15. The summed E-state index contributed by atoms with van der Waals surface area (Å²) in [7, 11) is 0. The first-order valence-electron chi connectivity index (χ1n) is 10.1. The van der Waals surface area contributed by atoms with Crippen molar-refractivity contribution >= 4 is 54.7 Å². The molecule has 5 rings (SSSR count). The Morgan fingerprint density at radius 3 is 2.75 bits per heavy atom. The Labute approximate surface area is 192 Å². The summed E-state index contributed by atoms with van der Waals surface area (Å²) in [6, 6.07) is 11.8. The quantitative estimate of drug-likeness (QED) is 0.395. The van der Waals surface area contributed by atoms with E-state index in [0.717, 1.165) is 26.4 Å². The molecule has 6 nitrogen and oxygen atoms in total. The van der Waals surface area contributed by atoms with Crippen LogP contribution in [0.1, 0.15) is 16.1 Å². The fraction of sp³-hybridized carbons (Fsp3) is 0.167. The molecule has 0 bridgehead atoms. The molecule has 0 spiro atoms. The molecule has 1 amide bonds. The standard InChI is InChI=1S/C24H20N4O2S2/c1-13-4-5-16(8-14(13)2)18-11-31-23-22(18)24(30)28(12-25-23)10-21(29)27-17-6-7-19-20(9-17)32-15(3)26-19/h4-9,11-12H,10H2,1-3H3,(H,27,29). The lowest BCUT2D eigenvalue weighted by atomic mass is 10.0. The fourth-order valence-electron chi connectivity index (χ4n) is 3.67. The lowest BCUT2D eigenvalue weighted by molar-refractivity contribution is -0.116. The van der Waals surface area contributed by atoms with Crippen molar-refractivity contribution < 1.29 is 4.79 Å². The van der Waals surface area contributed by atoms with Crippen molar-refractivity contribution in [3.63, 3.8) is 0 Å². The van der Waals surface area contributed by atoms with Gasteiger partial charge in [-0.3, -0.25) is 14.2 Å². The molecule has 0 unspecified atom stereocenters. The summed E-state index contributed by atoms with van der Waals surface area (Å²) in [5.41, 5.74) is 5.58. The first-order chi connectivity index (χ1) is 15.4. The van der Waals surface area contributed by atoms with Crippen LogP contribution in [0, 0.1) is 20.8 Å². The van der Waals surface area contributed by atoms with E-state index in [1.54, 1.807) is 11.3 Å². The molecule has 1 N–H and O–H groups in total. The largest absolute Gasteiger partial charge is 0.324 e. The first kappa shape index (κ1) is 20.5. The Balaban J connectivity index is 1.44. The number of aryl methyl sites for hydroxylation is 3. The lowest BCUT2D eigenvalue weighted by Crippen LogP contribution is -2.27. The molecule has 3 aromatic heterocycles. The van der Waals surface area contributed by atoms with Gasteiger partial charge in [-0.15, -0.1) is 22.7 Å². The summed E-state index contributed by atoms with van der Waals surface area (Å²) >= 11 is 3.01. The van der Waals surface area contributed by atoms with E-state index in [4.69, 9.17) is 0 Å². The van der Waals surface area contributed by atoms with Gasteiger partial charge in [0.15, 0.2) is 0 Å². The average Bonchev–Trinajstić information content (AvgIpc) is 3.35. The maximum Gasteiger partial charge on any atom is 0.263 e. The first-order valence-corrected chi connectivity index (χ1v) is 11.8. The number of fused-ring (bicyclic) bond motifs is 2. The van der Waals surface area contributed by atoms with E-state index in [1.807, 2.05) is 36.6 Å². The van der Waals surface area contributed by atoms with Crippen LogP contribution in [0.4, 0.5) is 5.69 Å². The smallest absolute Gasteiger partial charge is 0.263 e. The van der Waals surface area contributed by atoms with Crippen molar-refractivity contribution in [3.8, 4) is 11.1 Å². The zero-order valence-corrected chi connectivity index (χ0v) is 19.4. The molecular weight excluding hydrogens is 440 g/mol. The Morgan fingerprint density at radius 1 is 1.09 bits per heavy atom. The molecular formula is C24H20N4O2S2. The second kappa shape index (κ2) is 7.96. The van der Waals surface area contributed by atoms with Gasteiger partial charge < -0.3 is 5.32 Å². The average molecular weight is 461 g/mol. The van der Waals surface area contributed by atoms with Crippen molar-refractivity contribution in [1.82, 2.24) is 14.5 Å². The van der Waals surface area contributed by atoms with Gasteiger partial charge in [0, 0.05) is 16.6 Å². The Hall–Kier alpha value is -3.36. The molecule has 0 saturated carbocycles. The number of aromatic nitrogens is 3. The van der Waals surface area contributed by atoms with E-state index in [9.17, 15) is 9.59 Å². The molecule has 5 aromatic rings. The van der Waals surface area contributed by atoms with Crippen LogP contribution in [0.15, 0.2) is 52.9 Å². The summed E-state index contributed by atoms with van der Waals surface area (Å²) in [6.45, 7) is 5.96. The predicted molar refractivity (Wildman–Crippen MR) is 132 cm³/mol. The van der Waals surface area contributed by atoms with Crippen molar-refractivity contribution in [2.45, 2.75) is 27.3 Å². The van der Waals surface area contributed by atoms with Crippen LogP contribution in [0.2, 0.25) is 0 Å². The van der Waals surface area contributed by atoms with Crippen LogP contribution in [0.3, 0.4) is 0 Å². The Morgan fingerprint density at radius 2 is 1.94 bits per heavy atom. The minimum Gasteiger partial charge on any atom is -0.324 e. The van der Waals surface area contributed by atoms with Crippen LogP contribution in [0.25, 0.3) is 31.6 Å². The zero-order valence-electron chi connectivity index (χ0n) is 17.8. The van der Waals surface area contributed by atoms with Gasteiger partial charge in [-0.05, 0) is 55.7 Å². The van der Waals surface area contributed by atoms with Crippen LogP contribution in [0.5, 0.6) is 0 Å². The summed E-state index contributed by atoms with van der Waals surface area (Å²) < 4.78 is 2.38. The number of rotatable bonds is 4. The van der Waals surface area contributed by atoms with Crippen molar-refractivity contribution in [2.24, 2.45) is 0 Å². The fourth-order valence-corrected chi connectivity index (χ4v) is 5.45. The summed E-state index contributed by atoms with van der Waals surface area (Å²) in [6.07, 6.45) is 1.45. The van der Waals surface area contributed by atoms with Crippen LogP contribution in [-0.2, 0) is 11.3 Å². The molecule has 0 aliphatic rings. The van der Waals surface area contributed by atoms with Gasteiger partial charge in [-0.25, -0.2) is 9.97 Å². The highest BCUT2D eigenvalue weighted by atomic mass is 32.1. The maximum absolute atomic E-state index is 13.2. The van der Waals surface area contributed by atoms with E-state index >= 15 is 0 Å². The number of hydrogen-bond acceptors (Lipinski definition) is 6. The SMILES string of the molecule is Cc1nc2ccc(NC(=O)Cn3cnc4scc(-c5ccc(C)c(C)c5)c4c3=O)cc2s1. The number of carbonyl (C=O) groups is 1. The molecule has 32 heavy (non-hydrogen) atoms. The minimum atomic E-state index is -0.281. The maximum atomic E-state index is 13.2. The third kappa shape index (κ3) is 3.72. The Kier molecular flexibility index (Phi) is 5.11. The second-order valence-electron chi connectivity index (χ2n) is 7.77. The zero-order chi connectivity index (χ0) is 22.4. The van der Waals surface area contributed by atoms with Crippen molar-refractivity contribution in [2.75, 3.05) is 5.32 Å². The Bertz CT molecular complexity index is 1560. The van der Waals surface area contributed by atoms with Crippen LogP contribution >= 0.6 is 22.7 Å². The molecule has 2 aromatic carbocycles. The highest BCUT2D eigenvalue weighted by molar-refractivity contribution is 7.18. The molecule has 0 radical (unpaired) electrons. The number of hydrogen-bond donors (Lipinski definition) is 1. The normalized spacial score (nSPS) is 11.3. The predicted octanol–water partition coefficient (Wildman–Crippen LogP) is 5.30. The van der Waals surface area contributed by atoms with Gasteiger partial charge in [-0.1, -0.05) is 18.2 Å². The highest BCUT2D eigenvalue weighted by Crippen LogP contribution is 2.31. The number of anilines is 1. The van der Waals surface area contributed by atoms with Crippen LogP contribution < -0.4 is 10.9 Å². The van der Waals surface area contributed by atoms with Gasteiger partial charge in [-0.2, -0.15) is 0 Å². The number of thiophene rings is 1. The van der Waals surface area contributed by atoms with E-state index in [1.165, 1.54) is 33.4 Å². The summed E-state index contributed by atoms with van der Waals surface area (Å²) in [4.78, 5) is 35.5. The molecule has 0 atom stereocenters. The molecule has 160 valence electrons. The van der Waals surface area contributed by atoms with Gasteiger partial charge in [0.05, 0.1) is 26.9 Å². The van der Waals surface area contributed by atoms with Gasteiger partial charge >= 0.3 is 0 Å². The number of amides is 1. The number of carbonyl (C=O) groups excluding carboxylic acids is 1. The van der Waals surface area contributed by atoms with E-state index in [0.29, 0.717) is 15.9 Å². The van der Waals surface area contributed by atoms with E-state index < -0.39 is 0 Å². The minimum absolute atomic E-state index is 0.107. The number of benzene rings is 2.